The van der Waals surface area contributed by atoms with Crippen LogP contribution in [0.3, 0.4) is 0 Å². The molecule has 0 aliphatic carbocycles. The maximum atomic E-state index is 12.7. The maximum Gasteiger partial charge on any atom is 0.263 e. The number of sulfonamides is 1. The Morgan fingerprint density at radius 1 is 1.32 bits per heavy atom. The first kappa shape index (κ1) is 18.3. The van der Waals surface area contributed by atoms with Crippen molar-refractivity contribution in [1.29, 1.82) is 0 Å². The van der Waals surface area contributed by atoms with Gasteiger partial charge in [-0.25, -0.2) is 13.4 Å². The highest BCUT2D eigenvalue weighted by Crippen LogP contribution is 2.32. The first-order valence-corrected chi connectivity index (χ1v) is 10.8. The van der Waals surface area contributed by atoms with Crippen molar-refractivity contribution < 1.29 is 13.5 Å². The summed E-state index contributed by atoms with van der Waals surface area (Å²) in [5, 5.41) is 15.7. The molecule has 1 aliphatic rings. The predicted octanol–water partition coefficient (Wildman–Crippen LogP) is 2.60. The lowest BCUT2D eigenvalue weighted by atomic mass is 9.94. The summed E-state index contributed by atoms with van der Waals surface area (Å²) in [5.41, 5.74) is 1.69. The third kappa shape index (κ3) is 3.72. The largest absolute Gasteiger partial charge is 0.384 e. The van der Waals surface area contributed by atoms with Gasteiger partial charge in [-0.3, -0.25) is 4.72 Å². The Bertz CT molecular complexity index is 858. The second-order valence-electron chi connectivity index (χ2n) is 6.24. The highest BCUT2D eigenvalue weighted by molar-refractivity contribution is 7.93. The number of anilines is 1. The number of hydrogen-bond donors (Lipinski definition) is 3. The summed E-state index contributed by atoms with van der Waals surface area (Å²) in [7, 11) is -3.70. The molecule has 0 atom stereocenters. The lowest BCUT2D eigenvalue weighted by Crippen LogP contribution is -2.24. The Balaban J connectivity index is 1.84. The van der Waals surface area contributed by atoms with Crippen molar-refractivity contribution in [3.05, 3.63) is 40.4 Å². The van der Waals surface area contributed by atoms with Crippen LogP contribution >= 0.6 is 11.3 Å². The molecule has 0 unspecified atom stereocenters. The minimum absolute atomic E-state index is 0.230. The molecule has 1 aliphatic heterocycles. The monoisotopic (exact) mass is 381 g/mol. The lowest BCUT2D eigenvalue weighted by Gasteiger charge is -2.22. The molecule has 2 aromatic rings. The molecule has 0 bridgehead atoms. The van der Waals surface area contributed by atoms with E-state index in [0.717, 1.165) is 18.5 Å². The van der Waals surface area contributed by atoms with Crippen molar-refractivity contribution in [3.63, 3.8) is 0 Å². The number of aliphatic hydroxyl groups is 1. The Morgan fingerprint density at radius 2 is 2.08 bits per heavy atom. The molecule has 0 saturated heterocycles. The second-order valence-corrected chi connectivity index (χ2v) is 8.78. The molecule has 0 saturated carbocycles. The van der Waals surface area contributed by atoms with E-state index in [1.54, 1.807) is 17.5 Å². The smallest absolute Gasteiger partial charge is 0.263 e. The first-order chi connectivity index (χ1) is 11.9. The summed E-state index contributed by atoms with van der Waals surface area (Å²) in [5.74, 6) is 0. The van der Waals surface area contributed by atoms with Gasteiger partial charge < -0.3 is 10.4 Å². The lowest BCUT2D eigenvalue weighted by molar-refractivity contribution is 0.0247. The van der Waals surface area contributed by atoms with Crippen LogP contribution in [0.25, 0.3) is 0 Å². The van der Waals surface area contributed by atoms with Crippen molar-refractivity contribution in [2.24, 2.45) is 0 Å². The van der Waals surface area contributed by atoms with Gasteiger partial charge in [-0.05, 0) is 49.1 Å². The zero-order valence-electron chi connectivity index (χ0n) is 14.4. The summed E-state index contributed by atoms with van der Waals surface area (Å²) >= 11 is 1.18. The van der Waals surface area contributed by atoms with Crippen LogP contribution < -0.4 is 10.0 Å². The average molecular weight is 382 g/mol. The van der Waals surface area contributed by atoms with Crippen LogP contribution in [0.15, 0.2) is 28.5 Å². The van der Waals surface area contributed by atoms with Crippen LogP contribution in [0.1, 0.15) is 43.5 Å². The first-order valence-electron chi connectivity index (χ1n) is 8.41. The van der Waals surface area contributed by atoms with Gasteiger partial charge >= 0.3 is 0 Å². The topological polar surface area (TPSA) is 91.3 Å². The Morgan fingerprint density at radius 3 is 2.80 bits per heavy atom. The van der Waals surface area contributed by atoms with Crippen LogP contribution in [0, 0.1) is 0 Å². The fourth-order valence-electron chi connectivity index (χ4n) is 2.94. The van der Waals surface area contributed by atoms with Crippen molar-refractivity contribution in [2.75, 3.05) is 11.3 Å². The second kappa shape index (κ2) is 7.03. The van der Waals surface area contributed by atoms with Gasteiger partial charge in [0.05, 0.1) is 10.6 Å². The number of aromatic nitrogens is 1. The van der Waals surface area contributed by atoms with Gasteiger partial charge in [-0.15, -0.1) is 11.3 Å². The van der Waals surface area contributed by atoms with E-state index in [-0.39, 0.29) is 10.0 Å². The molecule has 0 amide bonds. The zero-order chi connectivity index (χ0) is 18.1. The van der Waals surface area contributed by atoms with Crippen molar-refractivity contribution in [1.82, 2.24) is 10.3 Å². The Hall–Kier alpha value is -1.48. The zero-order valence-corrected chi connectivity index (χ0v) is 16.0. The van der Waals surface area contributed by atoms with Crippen LogP contribution in [-0.2, 0) is 28.6 Å². The molecule has 3 N–H and O–H groups in total. The highest BCUT2D eigenvalue weighted by Gasteiger charge is 2.28. The Labute approximate surface area is 152 Å². The summed E-state index contributed by atoms with van der Waals surface area (Å²) in [6.45, 7) is 5.36. The summed E-state index contributed by atoms with van der Waals surface area (Å²) < 4.78 is 27.8. The molecule has 8 heteroatoms. The van der Waals surface area contributed by atoms with Gasteiger partial charge in [0.2, 0.25) is 0 Å². The Kier molecular flexibility index (Phi) is 5.15. The fraction of sp³-hybridized carbons (Fsp3) is 0.471. The minimum atomic E-state index is -3.70. The van der Waals surface area contributed by atoms with Gasteiger partial charge in [-0.1, -0.05) is 19.9 Å². The molecular formula is C17H23N3O3S2. The highest BCUT2D eigenvalue weighted by atomic mass is 32.2. The fourth-order valence-corrected chi connectivity index (χ4v) is 5.05. The third-order valence-electron chi connectivity index (χ3n) is 4.75. The summed E-state index contributed by atoms with van der Waals surface area (Å²) in [6.07, 6.45) is 1.96. The molecule has 1 aromatic carbocycles. The molecule has 136 valence electrons. The molecule has 6 nitrogen and oxygen atoms in total. The van der Waals surface area contributed by atoms with E-state index in [0.29, 0.717) is 25.1 Å². The van der Waals surface area contributed by atoms with Crippen molar-refractivity contribution >= 4 is 26.5 Å². The van der Waals surface area contributed by atoms with E-state index in [1.807, 2.05) is 19.9 Å². The molecule has 3 rings (SSSR count). The number of hydrogen-bond acceptors (Lipinski definition) is 6. The molecule has 1 aromatic heterocycles. The van der Waals surface area contributed by atoms with Gasteiger partial charge in [0.25, 0.3) is 10.0 Å². The molecule has 25 heavy (non-hydrogen) atoms. The van der Waals surface area contributed by atoms with Gasteiger partial charge in [0.1, 0.15) is 5.60 Å². The minimum Gasteiger partial charge on any atom is -0.384 e. The van der Waals surface area contributed by atoms with E-state index >= 15 is 0 Å². The normalized spacial score (nSPS) is 15.0. The average Bonchev–Trinajstić information content (AvgIpc) is 3.09. The van der Waals surface area contributed by atoms with E-state index in [1.165, 1.54) is 16.9 Å². The van der Waals surface area contributed by atoms with Crippen LogP contribution in [-0.4, -0.2) is 25.1 Å². The number of fused-ring (bicyclic) bond motifs is 1. The number of thiazole rings is 1. The number of benzene rings is 1. The molecule has 2 heterocycles. The van der Waals surface area contributed by atoms with Gasteiger partial charge in [0, 0.05) is 11.9 Å². The number of nitrogens with one attached hydrogen (secondary N) is 2. The molecule has 0 spiro atoms. The van der Waals surface area contributed by atoms with Crippen LogP contribution in [0.5, 0.6) is 0 Å². The molecular weight excluding hydrogens is 358 g/mol. The van der Waals surface area contributed by atoms with Crippen LogP contribution in [0.4, 0.5) is 5.13 Å². The summed E-state index contributed by atoms with van der Waals surface area (Å²) in [6, 6.07) is 5.23. The number of nitrogens with zero attached hydrogens (tertiary/aromatic N) is 1. The standard InChI is InChI=1S/C17H23N3O3S2/c1-3-17(21,4-2)15-11-24-16(19-15)20-25(22,23)14-6-5-12-7-8-18-10-13(12)9-14/h5-6,9,11,18,21H,3-4,7-8,10H2,1-2H3,(H,19,20). The maximum absolute atomic E-state index is 12.7. The van der Waals surface area contributed by atoms with E-state index < -0.39 is 15.6 Å². The summed E-state index contributed by atoms with van der Waals surface area (Å²) in [4.78, 5) is 4.52. The SMILES string of the molecule is CCC(O)(CC)c1csc(NS(=O)(=O)c2ccc3c(c2)CNCC3)n1. The molecule has 0 radical (unpaired) electrons. The van der Waals surface area contributed by atoms with Crippen molar-refractivity contribution in [2.45, 2.75) is 50.2 Å². The van der Waals surface area contributed by atoms with E-state index in [4.69, 9.17) is 0 Å². The quantitative estimate of drug-likeness (QED) is 0.715. The third-order valence-corrected chi connectivity index (χ3v) is 6.97. The molecule has 0 fully saturated rings. The van der Waals surface area contributed by atoms with E-state index in [2.05, 4.69) is 15.0 Å². The van der Waals surface area contributed by atoms with Crippen molar-refractivity contribution in [3.8, 4) is 0 Å². The predicted molar refractivity (Wildman–Crippen MR) is 99.3 cm³/mol. The number of rotatable bonds is 6. The van der Waals surface area contributed by atoms with Gasteiger partial charge in [-0.2, -0.15) is 0 Å². The van der Waals surface area contributed by atoms with Crippen LogP contribution in [0.2, 0.25) is 0 Å². The van der Waals surface area contributed by atoms with E-state index in [9.17, 15) is 13.5 Å². The van der Waals surface area contributed by atoms with Gasteiger partial charge in [0.15, 0.2) is 5.13 Å².